The summed E-state index contributed by atoms with van der Waals surface area (Å²) in [6, 6.07) is 7.95. The molecule has 0 aromatic heterocycles. The first-order chi connectivity index (χ1) is 15.5. The fourth-order valence-corrected chi connectivity index (χ4v) is 3.89. The van der Waals surface area contributed by atoms with Crippen LogP contribution in [-0.4, -0.2) is 57.6 Å². The third kappa shape index (κ3) is 8.76. The summed E-state index contributed by atoms with van der Waals surface area (Å²) in [7, 11) is 5.23. The summed E-state index contributed by atoms with van der Waals surface area (Å²) < 4.78 is 23.7. The Labute approximate surface area is 200 Å². The van der Waals surface area contributed by atoms with Gasteiger partial charge in [0.2, 0.25) is 5.91 Å². The molecular weight excluding hydrogens is 418 g/mol. The number of carbonyl (C=O) groups is 1. The van der Waals surface area contributed by atoms with Gasteiger partial charge in [-0.15, -0.1) is 0 Å². The van der Waals surface area contributed by atoms with E-state index in [1.165, 1.54) is 0 Å². The second kappa shape index (κ2) is 12.5. The molecule has 1 aromatic rings. The van der Waals surface area contributed by atoms with Crippen molar-refractivity contribution in [2.24, 2.45) is 17.3 Å². The van der Waals surface area contributed by atoms with E-state index < -0.39 is 0 Å². The highest BCUT2D eigenvalue weighted by Crippen LogP contribution is 2.31. The Morgan fingerprint density at radius 1 is 1.18 bits per heavy atom. The molecule has 33 heavy (non-hydrogen) atoms. The Morgan fingerprint density at radius 2 is 1.79 bits per heavy atom. The summed E-state index contributed by atoms with van der Waals surface area (Å²) in [6.45, 7) is 12.7. The van der Waals surface area contributed by atoms with Crippen molar-refractivity contribution in [1.82, 2.24) is 4.90 Å². The summed E-state index contributed by atoms with van der Waals surface area (Å²) >= 11 is 0. The average molecular weight is 462 g/mol. The van der Waals surface area contributed by atoms with Gasteiger partial charge in [0.1, 0.15) is 5.75 Å². The highest BCUT2D eigenvalue weighted by Gasteiger charge is 2.33. The van der Waals surface area contributed by atoms with Crippen molar-refractivity contribution < 1.29 is 23.7 Å². The lowest BCUT2D eigenvalue weighted by Gasteiger charge is -2.37. The van der Waals surface area contributed by atoms with Crippen LogP contribution in [0.2, 0.25) is 0 Å². The van der Waals surface area contributed by atoms with E-state index >= 15 is 0 Å². The van der Waals surface area contributed by atoms with Crippen LogP contribution in [0, 0.1) is 17.3 Å². The predicted molar refractivity (Wildman–Crippen MR) is 131 cm³/mol. The Balaban J connectivity index is 2.09. The van der Waals surface area contributed by atoms with Crippen molar-refractivity contribution in [2.45, 2.75) is 66.5 Å². The molecular formula is C27H43NO5. The molecule has 186 valence electrons. The molecule has 0 spiro atoms. The second-order valence-corrected chi connectivity index (χ2v) is 10.3. The molecule has 6 nitrogen and oxygen atoms in total. The Morgan fingerprint density at radius 3 is 2.33 bits per heavy atom. The van der Waals surface area contributed by atoms with Crippen molar-refractivity contribution in [3.63, 3.8) is 0 Å². The maximum atomic E-state index is 12.1. The standard InChI is InChI=1S/C27H43NO5/c1-19(9-14-24(29)28(6)7)21(3)26(31-16-22-10-12-23(30-8)13-11-22)20(2)15-25-32-17-27(4,5)18-33-25/h9-13,20-21,25-26H,14-18H2,1-8H3/b19-9+/t20-,21+,26-/m1/s1. The van der Waals surface area contributed by atoms with Gasteiger partial charge >= 0.3 is 0 Å². The number of ether oxygens (including phenoxy) is 4. The zero-order chi connectivity index (χ0) is 24.6. The van der Waals surface area contributed by atoms with Gasteiger partial charge in [-0.2, -0.15) is 0 Å². The van der Waals surface area contributed by atoms with E-state index in [1.54, 1.807) is 26.1 Å². The van der Waals surface area contributed by atoms with Gasteiger partial charge in [-0.05, 0) is 30.5 Å². The molecule has 0 N–H and O–H groups in total. The third-order valence-corrected chi connectivity index (χ3v) is 6.35. The summed E-state index contributed by atoms with van der Waals surface area (Å²) in [5.74, 6) is 1.28. The van der Waals surface area contributed by atoms with Crippen LogP contribution in [0.5, 0.6) is 5.75 Å². The summed E-state index contributed by atoms with van der Waals surface area (Å²) in [5.41, 5.74) is 2.30. The molecule has 0 bridgehead atoms. The van der Waals surface area contributed by atoms with Crippen LogP contribution in [0.25, 0.3) is 0 Å². The van der Waals surface area contributed by atoms with E-state index in [9.17, 15) is 4.79 Å². The lowest BCUT2D eigenvalue weighted by atomic mass is 9.85. The van der Waals surface area contributed by atoms with Crippen molar-refractivity contribution in [2.75, 3.05) is 34.4 Å². The number of benzene rings is 1. The van der Waals surface area contributed by atoms with Crippen LogP contribution < -0.4 is 4.74 Å². The smallest absolute Gasteiger partial charge is 0.225 e. The minimum atomic E-state index is -0.216. The van der Waals surface area contributed by atoms with E-state index in [4.69, 9.17) is 18.9 Å². The number of hydrogen-bond acceptors (Lipinski definition) is 5. The van der Waals surface area contributed by atoms with Crippen molar-refractivity contribution in [3.05, 3.63) is 41.5 Å². The minimum absolute atomic E-state index is 0.0417. The molecule has 6 heteroatoms. The van der Waals surface area contributed by atoms with Crippen LogP contribution in [0.4, 0.5) is 0 Å². The topological polar surface area (TPSA) is 57.2 Å². The lowest BCUT2D eigenvalue weighted by Crippen LogP contribution is -2.40. The fourth-order valence-electron chi connectivity index (χ4n) is 3.89. The monoisotopic (exact) mass is 461 g/mol. The van der Waals surface area contributed by atoms with Crippen molar-refractivity contribution in [1.29, 1.82) is 0 Å². The van der Waals surface area contributed by atoms with Crippen molar-refractivity contribution >= 4 is 5.91 Å². The maximum absolute atomic E-state index is 12.1. The molecule has 1 aromatic carbocycles. The zero-order valence-corrected chi connectivity index (χ0v) is 21.7. The molecule has 1 aliphatic rings. The first-order valence-electron chi connectivity index (χ1n) is 11.9. The molecule has 1 amide bonds. The predicted octanol–water partition coefficient (Wildman–Crippen LogP) is 5.07. The molecule has 0 saturated carbocycles. The van der Waals surface area contributed by atoms with Gasteiger partial charge < -0.3 is 23.8 Å². The van der Waals surface area contributed by atoms with Crippen LogP contribution in [-0.2, 0) is 25.6 Å². The van der Waals surface area contributed by atoms with Gasteiger partial charge in [-0.1, -0.05) is 51.5 Å². The van der Waals surface area contributed by atoms with Gasteiger partial charge in [0.15, 0.2) is 6.29 Å². The van der Waals surface area contributed by atoms with Gasteiger partial charge in [-0.3, -0.25) is 4.79 Å². The molecule has 0 aliphatic carbocycles. The summed E-state index contributed by atoms with van der Waals surface area (Å²) in [4.78, 5) is 13.7. The van der Waals surface area contributed by atoms with Gasteiger partial charge in [-0.25, -0.2) is 0 Å². The summed E-state index contributed by atoms with van der Waals surface area (Å²) in [6.07, 6.45) is 2.93. The first-order valence-corrected chi connectivity index (χ1v) is 11.9. The highest BCUT2D eigenvalue weighted by atomic mass is 16.7. The summed E-state index contributed by atoms with van der Waals surface area (Å²) in [5, 5.41) is 0. The van der Waals surface area contributed by atoms with Gasteiger partial charge in [0, 0.05) is 38.3 Å². The Bertz CT molecular complexity index is 761. The molecule has 1 heterocycles. The number of rotatable bonds is 11. The highest BCUT2D eigenvalue weighted by molar-refractivity contribution is 5.77. The average Bonchev–Trinajstić information content (AvgIpc) is 2.78. The fraction of sp³-hybridized carbons (Fsp3) is 0.667. The number of carbonyl (C=O) groups excluding carboxylic acids is 1. The minimum Gasteiger partial charge on any atom is -0.497 e. The third-order valence-electron chi connectivity index (χ3n) is 6.35. The Hall–Kier alpha value is -1.89. The Kier molecular flexibility index (Phi) is 10.4. The molecule has 1 aliphatic heterocycles. The van der Waals surface area contributed by atoms with E-state index in [-0.39, 0.29) is 35.6 Å². The number of hydrogen-bond donors (Lipinski definition) is 0. The molecule has 0 radical (unpaired) electrons. The van der Waals surface area contributed by atoms with E-state index in [0.29, 0.717) is 26.2 Å². The zero-order valence-electron chi connectivity index (χ0n) is 21.7. The number of methoxy groups -OCH3 is 1. The normalized spacial score (nSPS) is 19.6. The molecule has 2 rings (SSSR count). The molecule has 0 unspecified atom stereocenters. The van der Waals surface area contributed by atoms with Crippen LogP contribution >= 0.6 is 0 Å². The SMILES string of the molecule is COc1ccc(CO[C@H]([C@H](C)CC2OCC(C)(C)CO2)[C@@H](C)/C(C)=C/CC(=O)N(C)C)cc1. The molecule has 1 saturated heterocycles. The van der Waals surface area contributed by atoms with E-state index in [1.807, 2.05) is 30.3 Å². The quantitative estimate of drug-likeness (QED) is 0.431. The van der Waals surface area contributed by atoms with Gasteiger partial charge in [0.25, 0.3) is 0 Å². The maximum Gasteiger partial charge on any atom is 0.225 e. The number of nitrogens with zero attached hydrogens (tertiary/aromatic N) is 1. The van der Waals surface area contributed by atoms with E-state index in [2.05, 4.69) is 34.6 Å². The van der Waals surface area contributed by atoms with Crippen LogP contribution in [0.1, 0.15) is 53.0 Å². The van der Waals surface area contributed by atoms with Gasteiger partial charge in [0.05, 0.1) is 33.0 Å². The lowest BCUT2D eigenvalue weighted by molar-refractivity contribution is -0.231. The molecule has 1 fully saturated rings. The second-order valence-electron chi connectivity index (χ2n) is 10.3. The van der Waals surface area contributed by atoms with Crippen LogP contribution in [0.3, 0.4) is 0 Å². The molecule has 3 atom stereocenters. The first kappa shape index (κ1) is 27.4. The van der Waals surface area contributed by atoms with E-state index in [0.717, 1.165) is 23.3 Å². The number of amides is 1. The van der Waals surface area contributed by atoms with Crippen LogP contribution in [0.15, 0.2) is 35.9 Å². The van der Waals surface area contributed by atoms with Crippen molar-refractivity contribution in [3.8, 4) is 5.75 Å². The largest absolute Gasteiger partial charge is 0.497 e.